The Balaban J connectivity index is 2.26. The smallest absolute Gasteiger partial charge is 0.369 e. The van der Waals surface area contributed by atoms with Crippen molar-refractivity contribution in [2.24, 2.45) is 0 Å². The van der Waals surface area contributed by atoms with Crippen LogP contribution >= 0.6 is 0 Å². The number of nitrogens with zero attached hydrogens (tertiary/aromatic N) is 2. The summed E-state index contributed by atoms with van der Waals surface area (Å²) in [7, 11) is -6.52. The van der Waals surface area contributed by atoms with Gasteiger partial charge in [-0.3, -0.25) is 0 Å². The van der Waals surface area contributed by atoms with Crippen molar-refractivity contribution in [1.82, 2.24) is 4.31 Å². The summed E-state index contributed by atoms with van der Waals surface area (Å²) in [5, 5.41) is -6.69. The van der Waals surface area contributed by atoms with Crippen LogP contribution in [-0.2, 0) is 10.0 Å². The summed E-state index contributed by atoms with van der Waals surface area (Å²) in [5.74, 6) is -14.5. The SMILES string of the molecule is O=S(=O)(N1CCN(c2ccccc2)CC1)C(F)(F)C(F)(F)C(F)(F)C(F)(F)F. The van der Waals surface area contributed by atoms with Gasteiger partial charge in [-0.15, -0.1) is 0 Å². The Kier molecular flexibility index (Phi) is 5.62. The maximum absolute atomic E-state index is 13.8. The van der Waals surface area contributed by atoms with Crippen LogP contribution in [0.1, 0.15) is 0 Å². The lowest BCUT2D eigenvalue weighted by Crippen LogP contribution is -2.66. The van der Waals surface area contributed by atoms with Crippen LogP contribution in [0.25, 0.3) is 0 Å². The molecule has 0 unspecified atom stereocenters. The maximum Gasteiger partial charge on any atom is 0.460 e. The normalized spacial score (nSPS) is 18.4. The molecule has 1 aliphatic rings. The third-order valence-corrected chi connectivity index (χ3v) is 6.09. The molecule has 1 aromatic rings. The predicted molar refractivity (Wildman–Crippen MR) is 80.0 cm³/mol. The number of hydrogen-bond donors (Lipinski definition) is 0. The largest absolute Gasteiger partial charge is 0.460 e. The summed E-state index contributed by atoms with van der Waals surface area (Å²) in [6.45, 7) is -2.14. The molecule has 1 saturated heterocycles. The molecule has 160 valence electrons. The van der Waals surface area contributed by atoms with Crippen LogP contribution in [0.2, 0.25) is 0 Å². The van der Waals surface area contributed by atoms with Crippen molar-refractivity contribution in [3.63, 3.8) is 0 Å². The molecule has 1 aromatic carbocycles. The van der Waals surface area contributed by atoms with Crippen LogP contribution < -0.4 is 4.90 Å². The average molecular weight is 444 g/mol. The van der Waals surface area contributed by atoms with Crippen molar-refractivity contribution in [3.8, 4) is 0 Å². The van der Waals surface area contributed by atoms with E-state index in [4.69, 9.17) is 0 Å². The first-order valence-electron chi connectivity index (χ1n) is 7.57. The molecule has 0 atom stereocenters. The van der Waals surface area contributed by atoms with Crippen molar-refractivity contribution >= 4 is 15.7 Å². The maximum atomic E-state index is 13.8. The van der Waals surface area contributed by atoms with Crippen molar-refractivity contribution in [3.05, 3.63) is 30.3 Å². The molecule has 1 heterocycles. The van der Waals surface area contributed by atoms with Crippen LogP contribution in [0.5, 0.6) is 0 Å². The molecule has 0 saturated carbocycles. The van der Waals surface area contributed by atoms with Gasteiger partial charge >= 0.3 is 23.3 Å². The fourth-order valence-electron chi connectivity index (χ4n) is 2.51. The lowest BCUT2D eigenvalue weighted by Gasteiger charge is -2.39. The molecule has 0 aliphatic carbocycles. The van der Waals surface area contributed by atoms with E-state index in [0.29, 0.717) is 5.69 Å². The number of benzene rings is 1. The Morgan fingerprint density at radius 3 is 1.61 bits per heavy atom. The van der Waals surface area contributed by atoms with Crippen LogP contribution in [-0.4, -0.2) is 62.2 Å². The zero-order valence-electron chi connectivity index (χ0n) is 13.7. The molecule has 0 spiro atoms. The first-order valence-corrected chi connectivity index (χ1v) is 9.01. The van der Waals surface area contributed by atoms with Gasteiger partial charge in [0.15, 0.2) is 0 Å². The highest BCUT2D eigenvalue weighted by Crippen LogP contribution is 2.55. The van der Waals surface area contributed by atoms with E-state index in [-0.39, 0.29) is 17.4 Å². The van der Waals surface area contributed by atoms with E-state index in [9.17, 15) is 47.9 Å². The van der Waals surface area contributed by atoms with Crippen LogP contribution in [0.3, 0.4) is 0 Å². The summed E-state index contributed by atoms with van der Waals surface area (Å²) in [5.41, 5.74) is 0.556. The highest BCUT2D eigenvalue weighted by Gasteiger charge is 2.85. The number of alkyl halides is 9. The predicted octanol–water partition coefficient (Wildman–Crippen LogP) is 3.56. The second-order valence-corrected chi connectivity index (χ2v) is 7.87. The highest BCUT2D eigenvalue weighted by molar-refractivity contribution is 7.90. The van der Waals surface area contributed by atoms with E-state index in [1.807, 2.05) is 0 Å². The topological polar surface area (TPSA) is 40.6 Å². The quantitative estimate of drug-likeness (QED) is 0.653. The third-order valence-electron chi connectivity index (χ3n) is 4.14. The molecule has 4 nitrogen and oxygen atoms in total. The fourth-order valence-corrected chi connectivity index (χ4v) is 3.93. The Morgan fingerprint density at radius 1 is 0.714 bits per heavy atom. The number of sulfonamides is 1. The van der Waals surface area contributed by atoms with Crippen molar-refractivity contribution in [2.45, 2.75) is 23.3 Å². The second-order valence-electron chi connectivity index (χ2n) is 5.89. The van der Waals surface area contributed by atoms with Crippen molar-refractivity contribution in [2.75, 3.05) is 31.1 Å². The first kappa shape index (κ1) is 22.6. The number of halogens is 9. The Labute approximate surface area is 153 Å². The molecule has 0 amide bonds. The summed E-state index contributed by atoms with van der Waals surface area (Å²) in [6, 6.07) is 8.08. The molecule has 0 radical (unpaired) electrons. The molecule has 1 fully saturated rings. The van der Waals surface area contributed by atoms with Gasteiger partial charge in [0.2, 0.25) is 0 Å². The highest BCUT2D eigenvalue weighted by atomic mass is 32.2. The first-order chi connectivity index (χ1) is 12.6. The number of piperazine rings is 1. The van der Waals surface area contributed by atoms with Gasteiger partial charge in [0.1, 0.15) is 0 Å². The lowest BCUT2D eigenvalue weighted by atomic mass is 10.1. The van der Waals surface area contributed by atoms with E-state index in [2.05, 4.69) is 0 Å². The zero-order valence-corrected chi connectivity index (χ0v) is 14.6. The molecule has 0 N–H and O–H groups in total. The molecular formula is C14H13F9N2O2S. The van der Waals surface area contributed by atoms with Gasteiger partial charge in [-0.2, -0.15) is 43.8 Å². The van der Waals surface area contributed by atoms with Crippen LogP contribution in [0, 0.1) is 0 Å². The average Bonchev–Trinajstić information content (AvgIpc) is 2.61. The minimum absolute atomic E-state index is 0.215. The van der Waals surface area contributed by atoms with E-state index in [1.54, 1.807) is 30.3 Å². The molecule has 28 heavy (non-hydrogen) atoms. The van der Waals surface area contributed by atoms with Gasteiger partial charge in [-0.05, 0) is 12.1 Å². The molecule has 14 heteroatoms. The number of rotatable bonds is 5. The molecule has 0 aromatic heterocycles. The van der Waals surface area contributed by atoms with Gasteiger partial charge < -0.3 is 4.90 Å². The summed E-state index contributed by atoms with van der Waals surface area (Å²) in [6.07, 6.45) is -7.08. The number of anilines is 1. The fraction of sp³-hybridized carbons (Fsp3) is 0.571. The van der Waals surface area contributed by atoms with Crippen molar-refractivity contribution < 1.29 is 47.9 Å². The standard InChI is InChI=1S/C14H13F9N2O2S/c15-11(16,13(19,20)21)12(17,18)14(22,23)28(26,27)25-8-6-24(7-9-25)10-4-2-1-3-5-10/h1-5H,6-9H2. The lowest BCUT2D eigenvalue weighted by molar-refractivity contribution is -0.382. The zero-order chi connectivity index (χ0) is 21.6. The summed E-state index contributed by atoms with van der Waals surface area (Å²) >= 11 is 0. The molecule has 2 rings (SSSR count). The minimum atomic E-state index is -7.26. The van der Waals surface area contributed by atoms with Gasteiger partial charge in [0, 0.05) is 31.9 Å². The van der Waals surface area contributed by atoms with E-state index in [0.717, 1.165) is 0 Å². The summed E-state index contributed by atoms with van der Waals surface area (Å²) < 4.78 is 140. The van der Waals surface area contributed by atoms with Gasteiger partial charge in [-0.25, -0.2) is 8.42 Å². The molecule has 1 aliphatic heterocycles. The van der Waals surface area contributed by atoms with Crippen LogP contribution in [0.4, 0.5) is 45.2 Å². The Hall–Kier alpha value is -1.70. The van der Waals surface area contributed by atoms with Gasteiger partial charge in [-0.1, -0.05) is 18.2 Å². The summed E-state index contributed by atoms with van der Waals surface area (Å²) in [4.78, 5) is 1.51. The Morgan fingerprint density at radius 2 is 1.18 bits per heavy atom. The van der Waals surface area contributed by atoms with Crippen molar-refractivity contribution in [1.29, 1.82) is 0 Å². The van der Waals surface area contributed by atoms with E-state index in [1.165, 1.54) is 4.90 Å². The van der Waals surface area contributed by atoms with E-state index < -0.39 is 46.4 Å². The molecular weight excluding hydrogens is 431 g/mol. The second kappa shape index (κ2) is 6.97. The van der Waals surface area contributed by atoms with E-state index >= 15 is 0 Å². The molecule has 0 bridgehead atoms. The Bertz CT molecular complexity index is 789. The van der Waals surface area contributed by atoms with Gasteiger partial charge in [0.25, 0.3) is 10.0 Å². The number of para-hydroxylation sites is 1. The van der Waals surface area contributed by atoms with Gasteiger partial charge in [0.05, 0.1) is 0 Å². The third kappa shape index (κ3) is 3.40. The van der Waals surface area contributed by atoms with Crippen LogP contribution in [0.15, 0.2) is 30.3 Å². The number of hydrogen-bond acceptors (Lipinski definition) is 3. The monoisotopic (exact) mass is 444 g/mol. The minimum Gasteiger partial charge on any atom is -0.369 e.